The number of rotatable bonds is 2. The number of non-ortho nitro benzene ring substituents is 1. The number of hydrogen-bond donors (Lipinski definition) is 1. The second-order valence-corrected chi connectivity index (χ2v) is 5.76. The summed E-state index contributed by atoms with van der Waals surface area (Å²) < 4.78 is 0. The Morgan fingerprint density at radius 3 is 2.70 bits per heavy atom. The van der Waals surface area contributed by atoms with Gasteiger partial charge in [-0.15, -0.1) is 0 Å². The second kappa shape index (κ2) is 5.20. The van der Waals surface area contributed by atoms with Gasteiger partial charge in [0.2, 0.25) is 0 Å². The van der Waals surface area contributed by atoms with Gasteiger partial charge in [-0.25, -0.2) is 0 Å². The normalized spacial score (nSPS) is 17.9. The van der Waals surface area contributed by atoms with E-state index in [-0.39, 0.29) is 17.1 Å². The number of hydrogen-bond acceptors (Lipinski definition) is 4. The molecule has 0 aliphatic carbocycles. The fraction of sp³-hybridized carbons (Fsp3) is 0.500. The smallest absolute Gasteiger partial charge is 0.270 e. The van der Waals surface area contributed by atoms with E-state index in [1.54, 1.807) is 17.9 Å². The number of nitrogens with one attached hydrogen (secondary N) is 1. The van der Waals surface area contributed by atoms with Gasteiger partial charge in [-0.2, -0.15) is 0 Å². The third kappa shape index (κ3) is 2.80. The SMILES string of the molecule is Cc1cc(C(=O)N2CCNCC2(C)C)cc([N+](=O)[O-])c1. The highest BCUT2D eigenvalue weighted by molar-refractivity contribution is 5.95. The van der Waals surface area contributed by atoms with Crippen molar-refractivity contribution in [2.75, 3.05) is 19.6 Å². The number of nitro benzene ring substituents is 1. The number of benzene rings is 1. The van der Waals surface area contributed by atoms with Gasteiger partial charge in [-0.05, 0) is 32.4 Å². The quantitative estimate of drug-likeness (QED) is 0.660. The van der Waals surface area contributed by atoms with Crippen molar-refractivity contribution in [2.45, 2.75) is 26.3 Å². The summed E-state index contributed by atoms with van der Waals surface area (Å²) in [6.07, 6.45) is 0. The molecule has 20 heavy (non-hydrogen) atoms. The second-order valence-electron chi connectivity index (χ2n) is 5.76. The standard InChI is InChI=1S/C14H19N3O3/c1-10-6-11(8-12(7-10)17(19)20)13(18)16-5-4-15-9-14(16,2)3/h6-8,15H,4-5,9H2,1-3H3. The van der Waals surface area contributed by atoms with Crippen LogP contribution in [-0.2, 0) is 0 Å². The Morgan fingerprint density at radius 2 is 2.10 bits per heavy atom. The minimum absolute atomic E-state index is 0.0405. The molecular weight excluding hydrogens is 258 g/mol. The molecule has 1 aliphatic heterocycles. The first-order valence-corrected chi connectivity index (χ1v) is 6.60. The van der Waals surface area contributed by atoms with E-state index < -0.39 is 4.92 Å². The summed E-state index contributed by atoms with van der Waals surface area (Å²) >= 11 is 0. The summed E-state index contributed by atoms with van der Waals surface area (Å²) in [7, 11) is 0. The van der Waals surface area contributed by atoms with E-state index >= 15 is 0 Å². The number of piperazine rings is 1. The molecule has 2 rings (SSSR count). The van der Waals surface area contributed by atoms with Crippen LogP contribution in [0.15, 0.2) is 18.2 Å². The third-order valence-corrected chi connectivity index (χ3v) is 3.57. The van der Waals surface area contributed by atoms with E-state index in [4.69, 9.17) is 0 Å². The van der Waals surface area contributed by atoms with Crippen molar-refractivity contribution in [3.63, 3.8) is 0 Å². The van der Waals surface area contributed by atoms with Gasteiger partial charge < -0.3 is 10.2 Å². The number of nitrogens with zero attached hydrogens (tertiary/aromatic N) is 2. The first kappa shape index (κ1) is 14.5. The molecule has 1 heterocycles. The van der Waals surface area contributed by atoms with Crippen LogP contribution < -0.4 is 5.32 Å². The van der Waals surface area contributed by atoms with Gasteiger partial charge in [0.15, 0.2) is 0 Å². The van der Waals surface area contributed by atoms with Gasteiger partial charge in [0, 0.05) is 37.3 Å². The molecule has 1 aliphatic rings. The minimum Gasteiger partial charge on any atom is -0.331 e. The van der Waals surface area contributed by atoms with Crippen molar-refractivity contribution in [3.8, 4) is 0 Å². The zero-order valence-electron chi connectivity index (χ0n) is 12.0. The van der Waals surface area contributed by atoms with Crippen molar-refractivity contribution < 1.29 is 9.72 Å². The maximum atomic E-state index is 12.6. The lowest BCUT2D eigenvalue weighted by molar-refractivity contribution is -0.384. The fourth-order valence-corrected chi connectivity index (χ4v) is 2.51. The number of carbonyl (C=O) groups is 1. The van der Waals surface area contributed by atoms with Crippen molar-refractivity contribution >= 4 is 11.6 Å². The molecule has 0 saturated carbocycles. The van der Waals surface area contributed by atoms with E-state index in [9.17, 15) is 14.9 Å². The maximum Gasteiger partial charge on any atom is 0.270 e. The van der Waals surface area contributed by atoms with Crippen molar-refractivity contribution in [1.29, 1.82) is 0 Å². The molecule has 1 saturated heterocycles. The molecule has 1 N–H and O–H groups in total. The maximum absolute atomic E-state index is 12.6. The minimum atomic E-state index is -0.466. The molecule has 1 aromatic carbocycles. The summed E-state index contributed by atoms with van der Waals surface area (Å²) in [5.41, 5.74) is 0.761. The van der Waals surface area contributed by atoms with Gasteiger partial charge >= 0.3 is 0 Å². The van der Waals surface area contributed by atoms with Crippen LogP contribution in [0, 0.1) is 17.0 Å². The van der Waals surface area contributed by atoms with Gasteiger partial charge in [0.25, 0.3) is 11.6 Å². The van der Waals surface area contributed by atoms with Gasteiger partial charge in [-0.1, -0.05) is 0 Å². The van der Waals surface area contributed by atoms with E-state index in [0.29, 0.717) is 18.7 Å². The van der Waals surface area contributed by atoms with Gasteiger partial charge in [0.1, 0.15) is 0 Å². The average Bonchev–Trinajstić information content (AvgIpc) is 2.36. The number of aryl methyl sites for hydroxylation is 1. The monoisotopic (exact) mass is 277 g/mol. The van der Waals surface area contributed by atoms with Crippen LogP contribution >= 0.6 is 0 Å². The number of nitro groups is 1. The van der Waals surface area contributed by atoms with E-state index in [2.05, 4.69) is 5.32 Å². The van der Waals surface area contributed by atoms with Gasteiger partial charge in [0.05, 0.1) is 10.5 Å². The third-order valence-electron chi connectivity index (χ3n) is 3.57. The van der Waals surface area contributed by atoms with Crippen LogP contribution in [0.1, 0.15) is 29.8 Å². The van der Waals surface area contributed by atoms with E-state index in [0.717, 1.165) is 12.1 Å². The Bertz CT molecular complexity index is 555. The lowest BCUT2D eigenvalue weighted by Crippen LogP contribution is -2.59. The summed E-state index contributed by atoms with van der Waals surface area (Å²) in [4.78, 5) is 24.8. The number of amides is 1. The van der Waals surface area contributed by atoms with Crippen molar-refractivity contribution in [2.24, 2.45) is 0 Å². The molecule has 0 unspecified atom stereocenters. The Kier molecular flexibility index (Phi) is 3.76. The fourth-order valence-electron chi connectivity index (χ4n) is 2.51. The molecule has 0 radical (unpaired) electrons. The topological polar surface area (TPSA) is 75.5 Å². The molecule has 1 amide bonds. The predicted octanol–water partition coefficient (Wildman–Crippen LogP) is 1.73. The Balaban J connectivity index is 2.35. The van der Waals surface area contributed by atoms with Gasteiger partial charge in [-0.3, -0.25) is 14.9 Å². The average molecular weight is 277 g/mol. The summed E-state index contributed by atoms with van der Waals surface area (Å²) in [5.74, 6) is -0.150. The molecule has 0 aromatic heterocycles. The largest absolute Gasteiger partial charge is 0.331 e. The molecule has 1 fully saturated rings. The van der Waals surface area contributed by atoms with E-state index in [1.165, 1.54) is 12.1 Å². The van der Waals surface area contributed by atoms with Crippen LogP contribution in [0.2, 0.25) is 0 Å². The summed E-state index contributed by atoms with van der Waals surface area (Å²) in [6, 6.07) is 4.53. The molecule has 6 nitrogen and oxygen atoms in total. The van der Waals surface area contributed by atoms with E-state index in [1.807, 2.05) is 13.8 Å². The van der Waals surface area contributed by atoms with Crippen LogP contribution in [0.5, 0.6) is 0 Å². The summed E-state index contributed by atoms with van der Waals surface area (Å²) in [5, 5.41) is 14.2. The highest BCUT2D eigenvalue weighted by Gasteiger charge is 2.34. The lowest BCUT2D eigenvalue weighted by Gasteiger charge is -2.42. The summed E-state index contributed by atoms with van der Waals surface area (Å²) in [6.45, 7) is 7.79. The van der Waals surface area contributed by atoms with Crippen molar-refractivity contribution in [3.05, 3.63) is 39.4 Å². The first-order valence-electron chi connectivity index (χ1n) is 6.60. The van der Waals surface area contributed by atoms with Crippen LogP contribution in [0.25, 0.3) is 0 Å². The molecular formula is C14H19N3O3. The van der Waals surface area contributed by atoms with Crippen LogP contribution in [-0.4, -0.2) is 40.9 Å². The van der Waals surface area contributed by atoms with Crippen LogP contribution in [0.4, 0.5) is 5.69 Å². The Morgan fingerprint density at radius 1 is 1.40 bits per heavy atom. The highest BCUT2D eigenvalue weighted by Crippen LogP contribution is 2.23. The molecule has 6 heteroatoms. The lowest BCUT2D eigenvalue weighted by atomic mass is 9.98. The first-order chi connectivity index (χ1) is 9.31. The van der Waals surface area contributed by atoms with Crippen LogP contribution in [0.3, 0.4) is 0 Å². The highest BCUT2D eigenvalue weighted by atomic mass is 16.6. The number of carbonyl (C=O) groups excluding carboxylic acids is 1. The van der Waals surface area contributed by atoms with Crippen molar-refractivity contribution in [1.82, 2.24) is 10.2 Å². The zero-order valence-corrected chi connectivity index (χ0v) is 12.0. The Labute approximate surface area is 117 Å². The molecule has 0 atom stereocenters. The molecule has 0 bridgehead atoms. The predicted molar refractivity (Wildman–Crippen MR) is 75.8 cm³/mol. The molecule has 108 valence electrons. The Hall–Kier alpha value is -1.95. The zero-order chi connectivity index (χ0) is 14.9. The molecule has 0 spiro atoms. The molecule has 1 aromatic rings.